The fraction of sp³-hybridized carbons (Fsp3) is 0.455. The molecule has 1 aromatic heterocycles. The maximum Gasteiger partial charge on any atom is 0.416 e. The largest absolute Gasteiger partial charge is 0.416 e. The van der Waals surface area contributed by atoms with Crippen LogP contribution in [0.5, 0.6) is 0 Å². The number of hydrogen-bond donors (Lipinski definition) is 2. The van der Waals surface area contributed by atoms with Gasteiger partial charge < -0.3 is 20.4 Å². The molecule has 0 radical (unpaired) electrons. The summed E-state index contributed by atoms with van der Waals surface area (Å²) < 4.78 is 38.6. The van der Waals surface area contributed by atoms with Gasteiger partial charge in [-0.15, -0.1) is 0 Å². The van der Waals surface area contributed by atoms with E-state index in [1.165, 1.54) is 6.07 Å². The number of nitrogens with zero attached hydrogens (tertiary/aromatic N) is 4. The van der Waals surface area contributed by atoms with Gasteiger partial charge in [-0.05, 0) is 41.9 Å². The van der Waals surface area contributed by atoms with E-state index in [0.717, 1.165) is 56.2 Å². The van der Waals surface area contributed by atoms with Crippen LogP contribution in [0.4, 0.5) is 19.0 Å². The fourth-order valence-corrected chi connectivity index (χ4v) is 3.49. The number of nitrogens with one attached hydrogen (secondary N) is 2. The van der Waals surface area contributed by atoms with E-state index >= 15 is 0 Å². The first kappa shape index (κ1) is 22.9. The Labute approximate surface area is 181 Å². The number of alkyl halides is 3. The van der Waals surface area contributed by atoms with Crippen LogP contribution >= 0.6 is 0 Å². The van der Waals surface area contributed by atoms with Gasteiger partial charge >= 0.3 is 6.18 Å². The van der Waals surface area contributed by atoms with Crippen molar-refractivity contribution in [2.45, 2.75) is 26.2 Å². The molecule has 1 aromatic carbocycles. The van der Waals surface area contributed by atoms with Gasteiger partial charge in [-0.1, -0.05) is 19.1 Å². The van der Waals surface area contributed by atoms with E-state index in [0.29, 0.717) is 18.1 Å². The Hall–Kier alpha value is -2.81. The third-order valence-corrected chi connectivity index (χ3v) is 5.35. The monoisotopic (exact) mass is 434 g/mol. The first-order chi connectivity index (χ1) is 14.9. The van der Waals surface area contributed by atoms with Gasteiger partial charge in [0.1, 0.15) is 5.82 Å². The van der Waals surface area contributed by atoms with Crippen LogP contribution in [-0.2, 0) is 19.3 Å². The second-order valence-corrected chi connectivity index (χ2v) is 7.42. The summed E-state index contributed by atoms with van der Waals surface area (Å²) in [7, 11) is 1.63. The number of rotatable bonds is 6. The van der Waals surface area contributed by atoms with E-state index < -0.39 is 11.7 Å². The molecule has 31 heavy (non-hydrogen) atoms. The van der Waals surface area contributed by atoms with E-state index in [4.69, 9.17) is 0 Å². The lowest BCUT2D eigenvalue weighted by Crippen LogP contribution is -2.46. The van der Waals surface area contributed by atoms with Crippen LogP contribution in [0.3, 0.4) is 0 Å². The van der Waals surface area contributed by atoms with Gasteiger partial charge in [0.15, 0.2) is 5.96 Å². The maximum atomic E-state index is 12.9. The average Bonchev–Trinajstić information content (AvgIpc) is 2.79. The van der Waals surface area contributed by atoms with Gasteiger partial charge in [0.2, 0.25) is 0 Å². The van der Waals surface area contributed by atoms with E-state index in [9.17, 15) is 13.2 Å². The molecule has 0 saturated carbocycles. The van der Waals surface area contributed by atoms with Crippen LogP contribution < -0.4 is 15.5 Å². The molecule has 168 valence electrons. The topological polar surface area (TPSA) is 55.8 Å². The number of aliphatic imine (C=N–C) groups is 1. The molecule has 2 aromatic rings. The number of pyridine rings is 1. The molecule has 1 saturated heterocycles. The van der Waals surface area contributed by atoms with Crippen molar-refractivity contribution >= 4 is 11.8 Å². The molecule has 9 heteroatoms. The molecule has 0 spiro atoms. The van der Waals surface area contributed by atoms with Crippen LogP contribution in [0.15, 0.2) is 47.6 Å². The molecule has 0 atom stereocenters. The van der Waals surface area contributed by atoms with Crippen LogP contribution in [0, 0.1) is 0 Å². The van der Waals surface area contributed by atoms with Gasteiger partial charge in [-0.25, -0.2) is 4.98 Å². The van der Waals surface area contributed by atoms with Crippen LogP contribution in [0.25, 0.3) is 0 Å². The summed E-state index contributed by atoms with van der Waals surface area (Å²) in [6, 6.07) is 9.29. The number of piperazine rings is 1. The summed E-state index contributed by atoms with van der Waals surface area (Å²) in [5, 5.41) is 6.27. The lowest BCUT2D eigenvalue weighted by molar-refractivity contribution is -0.137. The highest BCUT2D eigenvalue weighted by molar-refractivity contribution is 5.79. The van der Waals surface area contributed by atoms with Crippen molar-refractivity contribution in [3.63, 3.8) is 0 Å². The summed E-state index contributed by atoms with van der Waals surface area (Å²) in [5.74, 6) is 1.48. The van der Waals surface area contributed by atoms with Crippen molar-refractivity contribution in [3.05, 3.63) is 59.3 Å². The molecule has 2 N–H and O–H groups in total. The molecule has 6 nitrogen and oxygen atoms in total. The van der Waals surface area contributed by atoms with Crippen molar-refractivity contribution in [1.82, 2.24) is 20.5 Å². The van der Waals surface area contributed by atoms with Gasteiger partial charge in [0.25, 0.3) is 0 Å². The summed E-state index contributed by atoms with van der Waals surface area (Å²) in [5.41, 5.74) is 0.943. The van der Waals surface area contributed by atoms with Crippen LogP contribution in [0.1, 0.15) is 23.6 Å². The standard InChI is InChI=1S/C22H29F3N6/c1-3-30-9-11-31(12-10-30)20-14-18(7-8-27-20)16-29-21(26-2)28-15-17-5-4-6-19(13-17)22(23,24)25/h4-8,13-14H,3,9-12,15-16H2,1-2H3,(H2,26,28,29). The molecule has 3 rings (SSSR count). The highest BCUT2D eigenvalue weighted by Gasteiger charge is 2.30. The summed E-state index contributed by atoms with van der Waals surface area (Å²) in [6.07, 6.45) is -2.55. The van der Waals surface area contributed by atoms with Gasteiger partial charge in [0, 0.05) is 52.5 Å². The molecule has 0 bridgehead atoms. The number of anilines is 1. The van der Waals surface area contributed by atoms with Gasteiger partial charge in [-0.3, -0.25) is 4.99 Å². The van der Waals surface area contributed by atoms with E-state index in [1.54, 1.807) is 19.3 Å². The zero-order valence-corrected chi connectivity index (χ0v) is 17.9. The van der Waals surface area contributed by atoms with Crippen LogP contribution in [0.2, 0.25) is 0 Å². The Morgan fingerprint density at radius 1 is 1.03 bits per heavy atom. The zero-order chi connectivity index (χ0) is 22.3. The van der Waals surface area contributed by atoms with Crippen molar-refractivity contribution in [3.8, 4) is 0 Å². The third kappa shape index (κ3) is 6.58. The predicted molar refractivity (Wildman–Crippen MR) is 117 cm³/mol. The third-order valence-electron chi connectivity index (χ3n) is 5.35. The normalized spacial score (nSPS) is 15.8. The first-order valence-electron chi connectivity index (χ1n) is 10.4. The minimum absolute atomic E-state index is 0.243. The number of guanidine groups is 1. The van der Waals surface area contributed by atoms with Crippen molar-refractivity contribution < 1.29 is 13.2 Å². The molecule has 2 heterocycles. The summed E-state index contributed by atoms with van der Waals surface area (Å²) >= 11 is 0. The second kappa shape index (κ2) is 10.5. The molecule has 1 aliphatic rings. The smallest absolute Gasteiger partial charge is 0.354 e. The molecular weight excluding hydrogens is 405 g/mol. The maximum absolute atomic E-state index is 12.9. The molecule has 1 fully saturated rings. The van der Waals surface area contributed by atoms with E-state index in [1.807, 2.05) is 6.07 Å². The number of benzene rings is 1. The number of hydrogen-bond acceptors (Lipinski definition) is 4. The molecule has 0 amide bonds. The first-order valence-corrected chi connectivity index (χ1v) is 10.4. The number of halogens is 3. The number of likely N-dealkylation sites (N-methyl/N-ethyl adjacent to an activating group) is 1. The lowest BCUT2D eigenvalue weighted by atomic mass is 10.1. The second-order valence-electron chi connectivity index (χ2n) is 7.42. The summed E-state index contributed by atoms with van der Waals surface area (Å²) in [4.78, 5) is 13.4. The van der Waals surface area contributed by atoms with Crippen molar-refractivity contribution in [1.29, 1.82) is 0 Å². The Balaban J connectivity index is 1.53. The Kier molecular flexibility index (Phi) is 7.73. The molecule has 0 aliphatic carbocycles. The van der Waals surface area contributed by atoms with E-state index in [-0.39, 0.29) is 6.54 Å². The molecule has 1 aliphatic heterocycles. The fourth-order valence-electron chi connectivity index (χ4n) is 3.49. The Morgan fingerprint density at radius 2 is 1.71 bits per heavy atom. The Bertz CT molecular complexity index is 876. The quantitative estimate of drug-likeness (QED) is 0.541. The minimum Gasteiger partial charge on any atom is -0.354 e. The van der Waals surface area contributed by atoms with Crippen LogP contribution in [-0.4, -0.2) is 55.6 Å². The SMILES string of the molecule is CCN1CCN(c2cc(CNC(=NC)NCc3cccc(C(F)(F)F)c3)ccn2)CC1. The molecular formula is C22H29F3N6. The van der Waals surface area contributed by atoms with Gasteiger partial charge in [0.05, 0.1) is 5.56 Å². The zero-order valence-electron chi connectivity index (χ0n) is 17.9. The summed E-state index contributed by atoms with van der Waals surface area (Å²) in [6.45, 7) is 8.00. The Morgan fingerprint density at radius 3 is 2.32 bits per heavy atom. The average molecular weight is 435 g/mol. The lowest BCUT2D eigenvalue weighted by Gasteiger charge is -2.34. The predicted octanol–water partition coefficient (Wildman–Crippen LogP) is 3.11. The van der Waals surface area contributed by atoms with Gasteiger partial charge in [-0.2, -0.15) is 13.2 Å². The van der Waals surface area contributed by atoms with Crippen molar-refractivity contribution in [2.24, 2.45) is 4.99 Å². The highest BCUT2D eigenvalue weighted by atomic mass is 19.4. The number of aromatic nitrogens is 1. The molecule has 0 unspecified atom stereocenters. The highest BCUT2D eigenvalue weighted by Crippen LogP contribution is 2.29. The van der Waals surface area contributed by atoms with E-state index in [2.05, 4.69) is 43.4 Å². The minimum atomic E-state index is -4.35. The van der Waals surface area contributed by atoms with Crippen molar-refractivity contribution in [2.75, 3.05) is 44.7 Å².